The highest BCUT2D eigenvalue weighted by atomic mass is 16.7. The van der Waals surface area contributed by atoms with Crippen molar-refractivity contribution in [2.75, 3.05) is 13.6 Å². The lowest BCUT2D eigenvalue weighted by molar-refractivity contribution is -0.140. The Balaban J connectivity index is 1.42. The van der Waals surface area contributed by atoms with Gasteiger partial charge >= 0.3 is 6.03 Å². The summed E-state index contributed by atoms with van der Waals surface area (Å²) in [5.74, 6) is -0.739. The van der Waals surface area contributed by atoms with Gasteiger partial charge in [-0.15, -0.1) is 0 Å². The number of fused-ring (bicyclic) bond motifs is 2. The van der Waals surface area contributed by atoms with Crippen molar-refractivity contribution >= 4 is 17.8 Å². The highest BCUT2D eigenvalue weighted by Crippen LogP contribution is 2.31. The molecule has 7 heteroatoms. The van der Waals surface area contributed by atoms with E-state index in [0.29, 0.717) is 31.6 Å². The first-order valence-corrected chi connectivity index (χ1v) is 9.70. The average molecular weight is 393 g/mol. The van der Waals surface area contributed by atoms with Crippen LogP contribution in [0.15, 0.2) is 60.7 Å². The number of likely N-dealkylation sites (N-methyl/N-ethyl adjacent to an activating group) is 1. The van der Waals surface area contributed by atoms with Crippen molar-refractivity contribution in [3.05, 3.63) is 71.8 Å². The van der Waals surface area contributed by atoms with Crippen molar-refractivity contribution in [3.63, 3.8) is 0 Å². The van der Waals surface area contributed by atoms with Crippen LogP contribution in [0.3, 0.4) is 0 Å². The summed E-state index contributed by atoms with van der Waals surface area (Å²) in [6, 6.07) is 17.2. The van der Waals surface area contributed by atoms with Crippen LogP contribution in [0.1, 0.15) is 28.8 Å². The lowest BCUT2D eigenvalue weighted by Gasteiger charge is -2.31. The first kappa shape index (κ1) is 19.1. The smallest absolute Gasteiger partial charge is 0.309 e. The molecule has 0 saturated carbocycles. The van der Waals surface area contributed by atoms with Crippen LogP contribution in [0.5, 0.6) is 0 Å². The number of carbonyl (C=O) groups excluding carboxylic acids is 3. The number of hydrogen-bond donors (Lipinski definition) is 0. The van der Waals surface area contributed by atoms with E-state index in [2.05, 4.69) is 0 Å². The molecule has 29 heavy (non-hydrogen) atoms. The first-order chi connectivity index (χ1) is 14.1. The Labute approximate surface area is 169 Å². The van der Waals surface area contributed by atoms with Crippen LogP contribution in [-0.4, -0.2) is 58.4 Å². The number of piperidine rings is 1. The third kappa shape index (κ3) is 3.73. The largest absolute Gasteiger partial charge is 0.345 e. The predicted octanol–water partition coefficient (Wildman–Crippen LogP) is 2.69. The van der Waals surface area contributed by atoms with E-state index in [1.165, 1.54) is 17.0 Å². The molecule has 4 rings (SSSR count). The lowest BCUT2D eigenvalue weighted by atomic mass is 9.99. The number of nitrogens with zero attached hydrogens (tertiary/aromatic N) is 3. The summed E-state index contributed by atoms with van der Waals surface area (Å²) in [7, 11) is 1.47. The second-order valence-corrected chi connectivity index (χ2v) is 7.34. The van der Waals surface area contributed by atoms with Crippen molar-refractivity contribution in [2.45, 2.75) is 31.5 Å². The molecule has 2 fully saturated rings. The summed E-state index contributed by atoms with van der Waals surface area (Å²) < 4.78 is 0. The van der Waals surface area contributed by atoms with E-state index in [9.17, 15) is 14.4 Å². The predicted molar refractivity (Wildman–Crippen MR) is 106 cm³/mol. The number of carbonyl (C=O) groups is 3. The normalized spacial score (nSPS) is 20.7. The fourth-order valence-electron chi connectivity index (χ4n) is 3.87. The summed E-state index contributed by atoms with van der Waals surface area (Å²) in [4.78, 5) is 46.9. The average Bonchev–Trinajstić information content (AvgIpc) is 3.01. The summed E-state index contributed by atoms with van der Waals surface area (Å²) in [6.45, 7) is 0.722. The van der Waals surface area contributed by atoms with E-state index in [-0.39, 0.29) is 23.9 Å². The van der Waals surface area contributed by atoms with Gasteiger partial charge < -0.3 is 4.90 Å². The number of urea groups is 1. The van der Waals surface area contributed by atoms with Gasteiger partial charge in [0.2, 0.25) is 0 Å². The van der Waals surface area contributed by atoms with Gasteiger partial charge in [0.1, 0.15) is 12.6 Å². The zero-order chi connectivity index (χ0) is 20.4. The van der Waals surface area contributed by atoms with E-state index in [1.54, 1.807) is 24.3 Å². The molecule has 2 heterocycles. The summed E-state index contributed by atoms with van der Waals surface area (Å²) in [5.41, 5.74) is 1.41. The standard InChI is InChI=1S/C22H23N3O4/c1-23(20(26)17-10-6-3-7-11-17)21(27)19-13-12-18-14-24(19)22(28)25(18)29-15-16-8-4-2-5-9-16/h2-11,18-19H,12-15H2,1H3/t18-,19+/m1/s1. The van der Waals surface area contributed by atoms with Crippen LogP contribution in [0.4, 0.5) is 4.79 Å². The Hall–Kier alpha value is -3.19. The SMILES string of the molecule is CN(C(=O)c1ccccc1)C(=O)[C@@H]1CC[C@@H]2CN1C(=O)N2OCc1ccccc1. The van der Waals surface area contributed by atoms with E-state index in [1.807, 2.05) is 36.4 Å². The molecule has 2 saturated heterocycles. The Bertz CT molecular complexity index is 903. The fraction of sp³-hybridized carbons (Fsp3) is 0.318. The number of amides is 4. The third-order valence-corrected chi connectivity index (χ3v) is 5.48. The second-order valence-electron chi connectivity index (χ2n) is 7.34. The quantitative estimate of drug-likeness (QED) is 0.733. The van der Waals surface area contributed by atoms with Gasteiger partial charge in [-0.3, -0.25) is 19.3 Å². The maximum Gasteiger partial charge on any atom is 0.345 e. The molecule has 4 amide bonds. The lowest BCUT2D eigenvalue weighted by Crippen LogP contribution is -2.51. The van der Waals surface area contributed by atoms with Crippen molar-refractivity contribution in [2.24, 2.45) is 0 Å². The van der Waals surface area contributed by atoms with Gasteiger partial charge in [0.25, 0.3) is 11.8 Å². The molecule has 2 bridgehead atoms. The third-order valence-electron chi connectivity index (χ3n) is 5.48. The minimum Gasteiger partial charge on any atom is -0.309 e. The topological polar surface area (TPSA) is 70.2 Å². The Morgan fingerprint density at radius 3 is 2.38 bits per heavy atom. The Morgan fingerprint density at radius 2 is 1.69 bits per heavy atom. The molecule has 0 N–H and O–H groups in total. The maximum absolute atomic E-state index is 13.0. The summed E-state index contributed by atoms with van der Waals surface area (Å²) in [6.07, 6.45) is 1.16. The first-order valence-electron chi connectivity index (χ1n) is 9.70. The van der Waals surface area contributed by atoms with Gasteiger partial charge in [0.15, 0.2) is 0 Å². The molecule has 2 aromatic rings. The fourth-order valence-corrected chi connectivity index (χ4v) is 3.87. The van der Waals surface area contributed by atoms with Gasteiger partial charge in [-0.25, -0.2) is 4.79 Å². The minimum absolute atomic E-state index is 0.0783. The van der Waals surface area contributed by atoms with Crippen molar-refractivity contribution in [1.29, 1.82) is 0 Å². The van der Waals surface area contributed by atoms with E-state index < -0.39 is 6.04 Å². The molecule has 0 aliphatic carbocycles. The van der Waals surface area contributed by atoms with Crippen molar-refractivity contribution < 1.29 is 19.2 Å². The molecule has 0 unspecified atom stereocenters. The van der Waals surface area contributed by atoms with Gasteiger partial charge in [-0.05, 0) is 30.5 Å². The molecule has 0 spiro atoms. The highest BCUT2D eigenvalue weighted by Gasteiger charge is 2.48. The molecule has 0 radical (unpaired) electrons. The summed E-state index contributed by atoms with van der Waals surface area (Å²) in [5, 5.41) is 1.39. The van der Waals surface area contributed by atoms with E-state index in [0.717, 1.165) is 10.5 Å². The van der Waals surface area contributed by atoms with E-state index in [4.69, 9.17) is 4.84 Å². The number of benzene rings is 2. The maximum atomic E-state index is 13.0. The molecule has 2 aliphatic rings. The zero-order valence-electron chi connectivity index (χ0n) is 16.2. The molecule has 0 aromatic heterocycles. The van der Waals surface area contributed by atoms with Crippen LogP contribution in [0, 0.1) is 0 Å². The monoisotopic (exact) mass is 393 g/mol. The zero-order valence-corrected chi connectivity index (χ0v) is 16.2. The molecular weight excluding hydrogens is 370 g/mol. The number of hydroxylamine groups is 2. The van der Waals surface area contributed by atoms with Gasteiger partial charge in [0.05, 0.1) is 6.04 Å². The molecular formula is C22H23N3O4. The second kappa shape index (κ2) is 8.05. The number of hydrogen-bond acceptors (Lipinski definition) is 4. The van der Waals surface area contributed by atoms with E-state index >= 15 is 0 Å². The van der Waals surface area contributed by atoms with Crippen molar-refractivity contribution in [3.8, 4) is 0 Å². The Kier molecular flexibility index (Phi) is 5.31. The van der Waals surface area contributed by atoms with Crippen LogP contribution in [-0.2, 0) is 16.2 Å². The molecule has 2 aromatic carbocycles. The molecule has 2 atom stereocenters. The Morgan fingerprint density at radius 1 is 1.03 bits per heavy atom. The van der Waals surface area contributed by atoms with Crippen LogP contribution in [0.2, 0.25) is 0 Å². The van der Waals surface area contributed by atoms with Crippen LogP contribution < -0.4 is 0 Å². The van der Waals surface area contributed by atoms with Crippen molar-refractivity contribution in [1.82, 2.24) is 14.9 Å². The summed E-state index contributed by atoms with van der Waals surface area (Å²) >= 11 is 0. The molecule has 7 nitrogen and oxygen atoms in total. The van der Waals surface area contributed by atoms with Crippen LogP contribution in [0.25, 0.3) is 0 Å². The van der Waals surface area contributed by atoms with Gasteiger partial charge in [-0.1, -0.05) is 48.5 Å². The van der Waals surface area contributed by atoms with Crippen LogP contribution >= 0.6 is 0 Å². The molecule has 2 aliphatic heterocycles. The highest BCUT2D eigenvalue weighted by molar-refractivity contribution is 6.06. The van der Waals surface area contributed by atoms with Gasteiger partial charge in [-0.2, -0.15) is 5.06 Å². The number of rotatable bonds is 5. The molecule has 150 valence electrons. The van der Waals surface area contributed by atoms with Gasteiger partial charge in [0, 0.05) is 19.2 Å². The number of imide groups is 1. The minimum atomic E-state index is -0.651.